The molecule has 1 heterocycles. The van der Waals surface area contributed by atoms with Gasteiger partial charge in [-0.25, -0.2) is 13.4 Å². The summed E-state index contributed by atoms with van der Waals surface area (Å²) in [6.45, 7) is 3.66. The van der Waals surface area contributed by atoms with Crippen LogP contribution in [-0.2, 0) is 10.0 Å². The number of sulfonamides is 1. The number of nitrogens with one attached hydrogen (secondary N) is 1. The Hall–Kier alpha value is -1.79. The van der Waals surface area contributed by atoms with E-state index in [1.165, 1.54) is 18.2 Å². The second kappa shape index (κ2) is 5.30. The van der Waals surface area contributed by atoms with E-state index in [1.807, 2.05) is 13.0 Å². The molecule has 0 radical (unpaired) electrons. The van der Waals surface area contributed by atoms with Crippen molar-refractivity contribution < 1.29 is 8.42 Å². The standard InChI is InChI=1S/C13H14ClN3O2S/c1-8-5-9(2)16-13(6-8)17-20(18,19)10-3-4-12(15)11(14)7-10/h3-7H,15H2,1-2H3,(H,16,17). The van der Waals surface area contributed by atoms with Crippen LogP contribution in [0.2, 0.25) is 5.02 Å². The van der Waals surface area contributed by atoms with Crippen molar-refractivity contribution in [1.29, 1.82) is 0 Å². The van der Waals surface area contributed by atoms with E-state index in [4.69, 9.17) is 17.3 Å². The fourth-order valence-corrected chi connectivity index (χ4v) is 3.03. The topological polar surface area (TPSA) is 85.1 Å². The molecule has 2 rings (SSSR count). The van der Waals surface area contributed by atoms with Crippen LogP contribution in [0.25, 0.3) is 0 Å². The van der Waals surface area contributed by atoms with Gasteiger partial charge in [0.25, 0.3) is 10.0 Å². The van der Waals surface area contributed by atoms with Gasteiger partial charge in [0.05, 0.1) is 15.6 Å². The van der Waals surface area contributed by atoms with E-state index in [0.29, 0.717) is 5.69 Å². The maximum absolute atomic E-state index is 12.2. The van der Waals surface area contributed by atoms with Crippen LogP contribution in [0.15, 0.2) is 35.2 Å². The highest BCUT2D eigenvalue weighted by Crippen LogP contribution is 2.24. The van der Waals surface area contributed by atoms with E-state index in [2.05, 4.69) is 9.71 Å². The van der Waals surface area contributed by atoms with Crippen LogP contribution in [0.4, 0.5) is 11.5 Å². The van der Waals surface area contributed by atoms with Crippen LogP contribution < -0.4 is 10.5 Å². The summed E-state index contributed by atoms with van der Waals surface area (Å²) >= 11 is 5.84. The highest BCUT2D eigenvalue weighted by Gasteiger charge is 2.16. The lowest BCUT2D eigenvalue weighted by Gasteiger charge is -2.09. The third kappa shape index (κ3) is 3.20. The number of hydrogen-bond acceptors (Lipinski definition) is 4. The molecule has 5 nitrogen and oxygen atoms in total. The second-order valence-electron chi connectivity index (χ2n) is 4.46. The number of aryl methyl sites for hydroxylation is 2. The minimum Gasteiger partial charge on any atom is -0.398 e. The third-order valence-electron chi connectivity index (χ3n) is 2.62. The summed E-state index contributed by atoms with van der Waals surface area (Å²) < 4.78 is 26.9. The first-order valence-electron chi connectivity index (χ1n) is 5.81. The molecule has 0 atom stereocenters. The lowest BCUT2D eigenvalue weighted by molar-refractivity contribution is 0.601. The normalized spacial score (nSPS) is 11.3. The van der Waals surface area contributed by atoms with Crippen LogP contribution in [-0.4, -0.2) is 13.4 Å². The maximum Gasteiger partial charge on any atom is 0.263 e. The average Bonchev–Trinajstić information content (AvgIpc) is 2.30. The molecule has 0 fully saturated rings. The van der Waals surface area contributed by atoms with Gasteiger partial charge in [-0.1, -0.05) is 11.6 Å². The Morgan fingerprint density at radius 2 is 1.90 bits per heavy atom. The van der Waals surface area contributed by atoms with E-state index < -0.39 is 10.0 Å². The molecule has 7 heteroatoms. The van der Waals surface area contributed by atoms with Crippen molar-refractivity contribution in [3.63, 3.8) is 0 Å². The molecule has 2 aromatic rings. The van der Waals surface area contributed by atoms with Crippen molar-refractivity contribution in [2.75, 3.05) is 10.5 Å². The molecule has 0 aliphatic rings. The fourth-order valence-electron chi connectivity index (χ4n) is 1.77. The summed E-state index contributed by atoms with van der Waals surface area (Å²) in [6, 6.07) is 7.67. The zero-order valence-corrected chi connectivity index (χ0v) is 12.6. The molecule has 0 saturated heterocycles. The number of nitrogens with two attached hydrogens (primary N) is 1. The van der Waals surface area contributed by atoms with Gasteiger partial charge in [-0.3, -0.25) is 4.72 Å². The third-order valence-corrected chi connectivity index (χ3v) is 4.30. The Labute approximate surface area is 122 Å². The first-order chi connectivity index (χ1) is 9.28. The molecule has 0 amide bonds. The van der Waals surface area contributed by atoms with Crippen molar-refractivity contribution in [2.24, 2.45) is 0 Å². The van der Waals surface area contributed by atoms with Gasteiger partial charge in [0.15, 0.2) is 0 Å². The summed E-state index contributed by atoms with van der Waals surface area (Å²) in [4.78, 5) is 4.18. The van der Waals surface area contributed by atoms with E-state index in [9.17, 15) is 8.42 Å². The molecule has 0 aliphatic heterocycles. The largest absolute Gasteiger partial charge is 0.398 e. The van der Waals surface area contributed by atoms with Crippen molar-refractivity contribution in [3.05, 3.63) is 46.6 Å². The van der Waals surface area contributed by atoms with E-state index in [1.54, 1.807) is 13.0 Å². The van der Waals surface area contributed by atoms with Gasteiger partial charge in [0, 0.05) is 5.69 Å². The van der Waals surface area contributed by atoms with Gasteiger partial charge in [-0.2, -0.15) is 0 Å². The van der Waals surface area contributed by atoms with Crippen molar-refractivity contribution in [1.82, 2.24) is 4.98 Å². The molecular weight excluding hydrogens is 298 g/mol. The number of benzene rings is 1. The Morgan fingerprint density at radius 3 is 2.50 bits per heavy atom. The first-order valence-corrected chi connectivity index (χ1v) is 7.67. The van der Waals surface area contributed by atoms with Gasteiger partial charge >= 0.3 is 0 Å². The summed E-state index contributed by atoms with van der Waals surface area (Å²) in [6.07, 6.45) is 0. The highest BCUT2D eigenvalue weighted by atomic mass is 35.5. The molecule has 20 heavy (non-hydrogen) atoms. The maximum atomic E-state index is 12.2. The van der Waals surface area contributed by atoms with Crippen molar-refractivity contribution in [3.8, 4) is 0 Å². The predicted octanol–water partition coefficient (Wildman–Crippen LogP) is 2.73. The van der Waals surface area contributed by atoms with Gasteiger partial charge in [0.1, 0.15) is 5.82 Å². The van der Waals surface area contributed by atoms with Gasteiger partial charge < -0.3 is 5.73 Å². The minimum atomic E-state index is -3.74. The summed E-state index contributed by atoms with van der Waals surface area (Å²) in [7, 11) is -3.74. The number of hydrogen-bond donors (Lipinski definition) is 2. The molecule has 0 aliphatic carbocycles. The van der Waals surface area contributed by atoms with E-state index in [0.717, 1.165) is 11.3 Å². The molecule has 1 aromatic carbocycles. The quantitative estimate of drug-likeness (QED) is 0.853. The number of aromatic nitrogens is 1. The second-order valence-corrected chi connectivity index (χ2v) is 6.55. The number of anilines is 2. The zero-order chi connectivity index (χ0) is 14.9. The SMILES string of the molecule is Cc1cc(C)nc(NS(=O)(=O)c2ccc(N)c(Cl)c2)c1. The van der Waals surface area contributed by atoms with Gasteiger partial charge in [0.2, 0.25) is 0 Å². The highest BCUT2D eigenvalue weighted by molar-refractivity contribution is 7.92. The number of nitrogens with zero attached hydrogens (tertiary/aromatic N) is 1. The molecule has 1 aromatic heterocycles. The molecule has 0 unspecified atom stereocenters. The minimum absolute atomic E-state index is 0.0395. The molecular formula is C13H14ClN3O2S. The number of pyridine rings is 1. The van der Waals surface area contributed by atoms with Crippen LogP contribution in [0.5, 0.6) is 0 Å². The van der Waals surface area contributed by atoms with Gasteiger partial charge in [-0.15, -0.1) is 0 Å². The number of nitrogen functional groups attached to an aromatic ring is 1. The summed E-state index contributed by atoms with van der Waals surface area (Å²) in [5.74, 6) is 0.274. The fraction of sp³-hybridized carbons (Fsp3) is 0.154. The lowest BCUT2D eigenvalue weighted by Crippen LogP contribution is -2.14. The smallest absolute Gasteiger partial charge is 0.263 e. The Kier molecular flexibility index (Phi) is 3.87. The predicted molar refractivity (Wildman–Crippen MR) is 80.4 cm³/mol. The van der Waals surface area contributed by atoms with E-state index >= 15 is 0 Å². The Bertz CT molecular complexity index is 740. The van der Waals surface area contributed by atoms with Crippen LogP contribution in [0, 0.1) is 13.8 Å². The van der Waals surface area contributed by atoms with Crippen LogP contribution >= 0.6 is 11.6 Å². The van der Waals surface area contributed by atoms with Crippen LogP contribution in [0.1, 0.15) is 11.3 Å². The molecule has 0 bridgehead atoms. The lowest BCUT2D eigenvalue weighted by atomic mass is 10.2. The summed E-state index contributed by atoms with van der Waals surface area (Å²) in [5.41, 5.74) is 7.55. The van der Waals surface area contributed by atoms with Crippen LogP contribution in [0.3, 0.4) is 0 Å². The van der Waals surface area contributed by atoms with Crippen molar-refractivity contribution in [2.45, 2.75) is 18.7 Å². The molecule has 0 spiro atoms. The monoisotopic (exact) mass is 311 g/mol. The van der Waals surface area contributed by atoms with E-state index in [-0.39, 0.29) is 15.7 Å². The summed E-state index contributed by atoms with van der Waals surface area (Å²) in [5, 5.41) is 0.196. The number of halogens is 1. The molecule has 0 saturated carbocycles. The average molecular weight is 312 g/mol. The molecule has 3 N–H and O–H groups in total. The zero-order valence-electron chi connectivity index (χ0n) is 11.0. The molecule has 106 valence electrons. The van der Waals surface area contributed by atoms with Crippen molar-refractivity contribution >= 4 is 33.1 Å². The Balaban J connectivity index is 2.37. The Morgan fingerprint density at radius 1 is 1.20 bits per heavy atom. The van der Waals surface area contributed by atoms with Gasteiger partial charge in [-0.05, 0) is 49.7 Å². The number of rotatable bonds is 3. The first kappa shape index (κ1) is 14.6.